The molecular formula is C8H6F3NOS. The number of alkyl halides is 3. The van der Waals surface area contributed by atoms with E-state index < -0.39 is 6.36 Å². The highest BCUT2D eigenvalue weighted by Crippen LogP contribution is 2.25. The Bertz CT molecular complexity index is 351. The molecule has 1 rings (SSSR count). The third-order valence-electron chi connectivity index (χ3n) is 1.38. The number of benzene rings is 1. The lowest BCUT2D eigenvalue weighted by Crippen LogP contribution is -2.20. The molecule has 0 radical (unpaired) electrons. The van der Waals surface area contributed by atoms with Crippen LogP contribution in [-0.2, 0) is 0 Å². The second-order valence-electron chi connectivity index (χ2n) is 2.41. The molecule has 0 amide bonds. The maximum Gasteiger partial charge on any atom is 0.573 e. The van der Waals surface area contributed by atoms with Crippen molar-refractivity contribution in [2.45, 2.75) is 6.36 Å². The summed E-state index contributed by atoms with van der Waals surface area (Å²) in [7, 11) is 0. The van der Waals surface area contributed by atoms with Crippen LogP contribution in [0.25, 0.3) is 0 Å². The van der Waals surface area contributed by atoms with Gasteiger partial charge in [0.2, 0.25) is 0 Å². The first-order valence-corrected chi connectivity index (χ1v) is 3.95. The molecule has 76 valence electrons. The van der Waals surface area contributed by atoms with Gasteiger partial charge in [0, 0.05) is 0 Å². The van der Waals surface area contributed by atoms with Gasteiger partial charge in [-0.25, -0.2) is 0 Å². The third kappa shape index (κ3) is 2.88. The summed E-state index contributed by atoms with van der Waals surface area (Å²) in [5.74, 6) is -0.382. The smallest absolute Gasteiger partial charge is 0.405 e. The molecule has 2 N–H and O–H groups in total. The molecule has 0 saturated heterocycles. The molecule has 6 heteroatoms. The zero-order chi connectivity index (χ0) is 10.8. The molecule has 0 unspecified atom stereocenters. The largest absolute Gasteiger partial charge is 0.573 e. The lowest BCUT2D eigenvalue weighted by Gasteiger charge is -2.11. The monoisotopic (exact) mass is 221 g/mol. The fourth-order valence-corrected chi connectivity index (χ4v) is 1.05. The standard InChI is InChI=1S/C8H6F3NOS/c9-8(10,11)13-6-4-2-1-3-5(6)7(12)14/h1-4H,(H2,12,14). The number of ether oxygens (including phenoxy) is 1. The van der Waals surface area contributed by atoms with Crippen LogP contribution in [0.3, 0.4) is 0 Å². The highest BCUT2D eigenvalue weighted by Gasteiger charge is 2.32. The molecule has 0 bridgehead atoms. The van der Waals surface area contributed by atoms with Crippen LogP contribution in [0, 0.1) is 0 Å². The van der Waals surface area contributed by atoms with E-state index in [2.05, 4.69) is 17.0 Å². The first kappa shape index (κ1) is 10.8. The fourth-order valence-electron chi connectivity index (χ4n) is 0.884. The van der Waals surface area contributed by atoms with Crippen molar-refractivity contribution in [1.29, 1.82) is 0 Å². The number of hydrogen-bond donors (Lipinski definition) is 1. The molecule has 0 aromatic heterocycles. The van der Waals surface area contributed by atoms with Crippen LogP contribution >= 0.6 is 12.2 Å². The van der Waals surface area contributed by atoms with E-state index in [9.17, 15) is 13.2 Å². The Kier molecular flexibility index (Phi) is 2.95. The normalized spacial score (nSPS) is 11.1. The van der Waals surface area contributed by atoms with Gasteiger partial charge < -0.3 is 10.5 Å². The van der Waals surface area contributed by atoms with Gasteiger partial charge in [0.25, 0.3) is 0 Å². The Hall–Kier alpha value is -1.30. The second-order valence-corrected chi connectivity index (χ2v) is 2.85. The minimum Gasteiger partial charge on any atom is -0.405 e. The topological polar surface area (TPSA) is 35.2 Å². The minimum absolute atomic E-state index is 0.0693. The molecule has 0 saturated carbocycles. The molecule has 0 fully saturated rings. The summed E-state index contributed by atoms with van der Waals surface area (Å²) < 4.78 is 39.4. The number of thiocarbonyl (C=S) groups is 1. The van der Waals surface area contributed by atoms with Crippen molar-refractivity contribution in [2.24, 2.45) is 5.73 Å². The van der Waals surface area contributed by atoms with E-state index in [1.54, 1.807) is 0 Å². The van der Waals surface area contributed by atoms with Crippen LogP contribution < -0.4 is 10.5 Å². The second kappa shape index (κ2) is 3.83. The molecule has 0 aliphatic heterocycles. The summed E-state index contributed by atoms with van der Waals surface area (Å²) in [5, 5.41) is 0. The van der Waals surface area contributed by atoms with Crippen LogP contribution in [0.4, 0.5) is 13.2 Å². The third-order valence-corrected chi connectivity index (χ3v) is 1.60. The van der Waals surface area contributed by atoms with E-state index in [4.69, 9.17) is 5.73 Å². The van der Waals surface area contributed by atoms with Crippen LogP contribution in [0.5, 0.6) is 5.75 Å². The molecule has 1 aromatic rings. The molecule has 1 aromatic carbocycles. The maximum atomic E-state index is 11.9. The molecule has 0 aliphatic carbocycles. The van der Waals surface area contributed by atoms with Crippen LogP contribution in [0.2, 0.25) is 0 Å². The highest BCUT2D eigenvalue weighted by atomic mass is 32.1. The van der Waals surface area contributed by atoms with Crippen molar-refractivity contribution in [2.75, 3.05) is 0 Å². The summed E-state index contributed by atoms with van der Waals surface area (Å²) in [6.07, 6.45) is -4.74. The van der Waals surface area contributed by atoms with E-state index in [0.717, 1.165) is 6.07 Å². The molecule has 0 aliphatic rings. The van der Waals surface area contributed by atoms with Gasteiger partial charge in [0.1, 0.15) is 10.7 Å². The summed E-state index contributed by atoms with van der Waals surface area (Å²) in [6.45, 7) is 0. The quantitative estimate of drug-likeness (QED) is 0.778. The lowest BCUT2D eigenvalue weighted by molar-refractivity contribution is -0.274. The molecule has 0 spiro atoms. The SMILES string of the molecule is NC(=S)c1ccccc1OC(F)(F)F. The fraction of sp³-hybridized carbons (Fsp3) is 0.125. The van der Waals surface area contributed by atoms with Crippen molar-refractivity contribution < 1.29 is 17.9 Å². The zero-order valence-corrected chi connectivity index (χ0v) is 7.65. The maximum absolute atomic E-state index is 11.9. The van der Waals surface area contributed by atoms with Gasteiger partial charge in [-0.3, -0.25) is 0 Å². The van der Waals surface area contributed by atoms with Crippen LogP contribution in [0.1, 0.15) is 5.56 Å². The Morgan fingerprint density at radius 2 is 1.86 bits per heavy atom. The van der Waals surface area contributed by atoms with Gasteiger partial charge in [-0.05, 0) is 12.1 Å². The number of hydrogen-bond acceptors (Lipinski definition) is 2. The summed E-state index contributed by atoms with van der Waals surface area (Å²) in [5.41, 5.74) is 5.29. The number of halogens is 3. The van der Waals surface area contributed by atoms with Crippen molar-refractivity contribution in [3.63, 3.8) is 0 Å². The average molecular weight is 221 g/mol. The summed E-state index contributed by atoms with van der Waals surface area (Å²) >= 11 is 4.57. The Morgan fingerprint density at radius 3 is 2.36 bits per heavy atom. The highest BCUT2D eigenvalue weighted by molar-refractivity contribution is 7.80. The first-order valence-electron chi connectivity index (χ1n) is 3.55. The first-order chi connectivity index (χ1) is 6.40. The van der Waals surface area contributed by atoms with Crippen molar-refractivity contribution in [3.8, 4) is 5.75 Å². The Labute approximate surface area is 83.5 Å². The number of para-hydroxylation sites is 1. The zero-order valence-electron chi connectivity index (χ0n) is 6.84. The predicted molar refractivity (Wildman–Crippen MR) is 49.0 cm³/mol. The van der Waals surface area contributed by atoms with Crippen molar-refractivity contribution >= 4 is 17.2 Å². The number of nitrogens with two attached hydrogens (primary N) is 1. The molecular weight excluding hydrogens is 215 g/mol. The summed E-state index contributed by atoms with van der Waals surface area (Å²) in [6, 6.07) is 5.45. The number of rotatable bonds is 2. The van der Waals surface area contributed by atoms with Crippen molar-refractivity contribution in [3.05, 3.63) is 29.8 Å². The van der Waals surface area contributed by atoms with E-state index in [-0.39, 0.29) is 16.3 Å². The lowest BCUT2D eigenvalue weighted by atomic mass is 10.2. The average Bonchev–Trinajstić information content (AvgIpc) is 2.01. The van der Waals surface area contributed by atoms with Gasteiger partial charge in [0.05, 0.1) is 5.56 Å². The summed E-state index contributed by atoms with van der Waals surface area (Å²) in [4.78, 5) is -0.134. The van der Waals surface area contributed by atoms with Gasteiger partial charge in [-0.1, -0.05) is 24.4 Å². The van der Waals surface area contributed by atoms with E-state index >= 15 is 0 Å². The van der Waals surface area contributed by atoms with Gasteiger partial charge in [-0.2, -0.15) is 0 Å². The van der Waals surface area contributed by atoms with Crippen LogP contribution in [-0.4, -0.2) is 11.4 Å². The van der Waals surface area contributed by atoms with E-state index in [1.165, 1.54) is 18.2 Å². The van der Waals surface area contributed by atoms with Gasteiger partial charge >= 0.3 is 6.36 Å². The Morgan fingerprint density at radius 1 is 1.29 bits per heavy atom. The Balaban J connectivity index is 3.02. The van der Waals surface area contributed by atoms with Crippen molar-refractivity contribution in [1.82, 2.24) is 0 Å². The molecule has 0 heterocycles. The van der Waals surface area contributed by atoms with Gasteiger partial charge in [0.15, 0.2) is 0 Å². The molecule has 0 atom stereocenters. The molecule has 14 heavy (non-hydrogen) atoms. The minimum atomic E-state index is -4.74. The van der Waals surface area contributed by atoms with E-state index in [0.29, 0.717) is 0 Å². The van der Waals surface area contributed by atoms with E-state index in [1.807, 2.05) is 0 Å². The van der Waals surface area contributed by atoms with Gasteiger partial charge in [-0.15, -0.1) is 13.2 Å². The van der Waals surface area contributed by atoms with Crippen LogP contribution in [0.15, 0.2) is 24.3 Å². The predicted octanol–water partition coefficient (Wildman–Crippen LogP) is 2.22. The molecule has 2 nitrogen and oxygen atoms in total.